The number of amides is 1. The molecule has 0 saturated carbocycles. The molecule has 1 N–H and O–H groups in total. The Balaban J connectivity index is 1.67. The molecule has 0 atom stereocenters. The van der Waals surface area contributed by atoms with E-state index in [4.69, 9.17) is 9.26 Å². The van der Waals surface area contributed by atoms with Crippen molar-refractivity contribution in [2.24, 2.45) is 0 Å². The first kappa shape index (κ1) is 14.6. The number of aryl methyl sites for hydroxylation is 1. The molecule has 116 valence electrons. The second-order valence-corrected chi connectivity index (χ2v) is 4.56. The number of carbonyl (C=O) groups is 1. The molecule has 0 aliphatic rings. The summed E-state index contributed by atoms with van der Waals surface area (Å²) in [5.74, 6) is -0.425. The minimum atomic E-state index is -0.519. The van der Waals surface area contributed by atoms with E-state index in [-0.39, 0.29) is 17.5 Å². The van der Waals surface area contributed by atoms with Crippen LogP contribution in [0.4, 0.5) is 10.1 Å². The average Bonchev–Trinajstić information content (AvgIpc) is 2.98. The van der Waals surface area contributed by atoms with Crippen molar-refractivity contribution >= 4 is 11.6 Å². The number of benzene rings is 1. The SMILES string of the molecule is Cc1cc(C(=O)Nc2cnc(Oc3ccccc3F)nc2)no1. The second-order valence-electron chi connectivity index (χ2n) is 4.56. The average molecular weight is 314 g/mol. The van der Waals surface area contributed by atoms with Crippen LogP contribution in [-0.4, -0.2) is 21.0 Å². The Hall–Kier alpha value is -3.29. The topological polar surface area (TPSA) is 90.1 Å². The Kier molecular flexibility index (Phi) is 3.96. The van der Waals surface area contributed by atoms with Crippen molar-refractivity contribution in [3.05, 3.63) is 60.0 Å². The van der Waals surface area contributed by atoms with Gasteiger partial charge in [-0.05, 0) is 19.1 Å². The quantitative estimate of drug-likeness (QED) is 0.796. The van der Waals surface area contributed by atoms with Gasteiger partial charge in [0, 0.05) is 6.07 Å². The molecule has 2 aromatic heterocycles. The molecule has 3 rings (SSSR count). The fraction of sp³-hybridized carbons (Fsp3) is 0.0667. The highest BCUT2D eigenvalue weighted by atomic mass is 19.1. The number of aromatic nitrogens is 3. The zero-order valence-corrected chi connectivity index (χ0v) is 12.0. The van der Waals surface area contributed by atoms with E-state index in [0.717, 1.165) is 0 Å². The number of ether oxygens (including phenoxy) is 1. The van der Waals surface area contributed by atoms with Gasteiger partial charge in [-0.25, -0.2) is 14.4 Å². The minimum absolute atomic E-state index is 0.0161. The summed E-state index contributed by atoms with van der Waals surface area (Å²) in [6, 6.07) is 7.38. The number of nitrogens with one attached hydrogen (secondary N) is 1. The summed E-state index contributed by atoms with van der Waals surface area (Å²) in [6.07, 6.45) is 2.68. The van der Waals surface area contributed by atoms with Gasteiger partial charge in [0.2, 0.25) is 0 Å². The van der Waals surface area contributed by atoms with Crippen molar-refractivity contribution in [1.29, 1.82) is 0 Å². The van der Waals surface area contributed by atoms with E-state index in [1.54, 1.807) is 19.1 Å². The standard InChI is InChI=1S/C15H11FN4O3/c1-9-6-12(20-23-9)14(21)19-10-7-17-15(18-8-10)22-13-5-3-2-4-11(13)16/h2-8H,1H3,(H,19,21). The van der Waals surface area contributed by atoms with Gasteiger partial charge in [-0.1, -0.05) is 17.3 Å². The summed E-state index contributed by atoms with van der Waals surface area (Å²) in [7, 11) is 0. The van der Waals surface area contributed by atoms with Gasteiger partial charge in [0.25, 0.3) is 5.91 Å². The van der Waals surface area contributed by atoms with Crippen molar-refractivity contribution in [2.45, 2.75) is 6.92 Å². The molecule has 8 heteroatoms. The molecular formula is C15H11FN4O3. The normalized spacial score (nSPS) is 10.3. The zero-order chi connectivity index (χ0) is 16.2. The monoisotopic (exact) mass is 314 g/mol. The number of hydrogen-bond donors (Lipinski definition) is 1. The van der Waals surface area contributed by atoms with E-state index >= 15 is 0 Å². The molecule has 7 nitrogen and oxygen atoms in total. The molecule has 2 heterocycles. The molecule has 0 spiro atoms. The summed E-state index contributed by atoms with van der Waals surface area (Å²) in [5.41, 5.74) is 0.491. The van der Waals surface area contributed by atoms with Crippen LogP contribution in [0.15, 0.2) is 47.2 Å². The van der Waals surface area contributed by atoms with Crippen LogP contribution in [-0.2, 0) is 0 Å². The molecule has 0 radical (unpaired) electrons. The van der Waals surface area contributed by atoms with Gasteiger partial charge in [0.1, 0.15) is 5.76 Å². The van der Waals surface area contributed by atoms with Crippen molar-refractivity contribution < 1.29 is 18.4 Å². The highest BCUT2D eigenvalue weighted by Gasteiger charge is 2.12. The first-order valence-electron chi connectivity index (χ1n) is 6.61. The van der Waals surface area contributed by atoms with Crippen LogP contribution in [0.1, 0.15) is 16.2 Å². The second kappa shape index (κ2) is 6.22. The van der Waals surface area contributed by atoms with Gasteiger partial charge in [0.05, 0.1) is 18.1 Å². The lowest BCUT2D eigenvalue weighted by atomic mass is 10.3. The third-order valence-corrected chi connectivity index (χ3v) is 2.78. The lowest BCUT2D eigenvalue weighted by Crippen LogP contribution is -2.12. The number of halogens is 1. The van der Waals surface area contributed by atoms with Crippen LogP contribution < -0.4 is 10.1 Å². The largest absolute Gasteiger partial charge is 0.421 e. The number of carbonyl (C=O) groups excluding carboxylic acids is 1. The first-order valence-corrected chi connectivity index (χ1v) is 6.61. The van der Waals surface area contributed by atoms with E-state index in [0.29, 0.717) is 11.4 Å². The van der Waals surface area contributed by atoms with Crippen molar-refractivity contribution in [1.82, 2.24) is 15.1 Å². The van der Waals surface area contributed by atoms with Gasteiger partial charge in [0.15, 0.2) is 17.3 Å². The van der Waals surface area contributed by atoms with Crippen LogP contribution >= 0.6 is 0 Å². The molecule has 0 saturated heterocycles. The van der Waals surface area contributed by atoms with Gasteiger partial charge in [-0.2, -0.15) is 0 Å². The van der Waals surface area contributed by atoms with E-state index in [1.165, 1.54) is 30.6 Å². The van der Waals surface area contributed by atoms with Gasteiger partial charge >= 0.3 is 6.01 Å². The lowest BCUT2D eigenvalue weighted by Gasteiger charge is -2.05. The molecule has 23 heavy (non-hydrogen) atoms. The van der Waals surface area contributed by atoms with Gasteiger partial charge < -0.3 is 14.6 Å². The number of hydrogen-bond acceptors (Lipinski definition) is 6. The maximum atomic E-state index is 13.5. The molecule has 0 bridgehead atoms. The maximum Gasteiger partial charge on any atom is 0.322 e. The smallest absolute Gasteiger partial charge is 0.322 e. The molecule has 0 aliphatic heterocycles. The summed E-state index contributed by atoms with van der Waals surface area (Å²) < 4.78 is 23.5. The fourth-order valence-electron chi connectivity index (χ4n) is 1.73. The molecule has 0 unspecified atom stereocenters. The van der Waals surface area contributed by atoms with Gasteiger partial charge in [-0.3, -0.25) is 4.79 Å². The summed E-state index contributed by atoms with van der Waals surface area (Å²) in [5, 5.41) is 6.16. The van der Waals surface area contributed by atoms with Crippen molar-refractivity contribution in [3.8, 4) is 11.8 Å². The van der Waals surface area contributed by atoms with E-state index < -0.39 is 11.7 Å². The highest BCUT2D eigenvalue weighted by Crippen LogP contribution is 2.21. The van der Waals surface area contributed by atoms with Gasteiger partial charge in [-0.15, -0.1) is 0 Å². The Morgan fingerprint density at radius 1 is 1.26 bits per heavy atom. The predicted molar refractivity (Wildman–Crippen MR) is 77.7 cm³/mol. The third-order valence-electron chi connectivity index (χ3n) is 2.78. The number of rotatable bonds is 4. The van der Waals surface area contributed by atoms with Crippen molar-refractivity contribution in [2.75, 3.05) is 5.32 Å². The van der Waals surface area contributed by atoms with E-state index in [9.17, 15) is 9.18 Å². The summed E-state index contributed by atoms with van der Waals surface area (Å²) in [4.78, 5) is 19.7. The van der Waals surface area contributed by atoms with Crippen LogP contribution in [0.25, 0.3) is 0 Å². The number of para-hydroxylation sites is 1. The van der Waals surface area contributed by atoms with Crippen LogP contribution in [0.5, 0.6) is 11.8 Å². The fourth-order valence-corrected chi connectivity index (χ4v) is 1.73. The molecule has 3 aromatic rings. The third kappa shape index (κ3) is 3.49. The highest BCUT2D eigenvalue weighted by molar-refractivity contribution is 6.02. The lowest BCUT2D eigenvalue weighted by molar-refractivity contribution is 0.101. The molecule has 0 fully saturated rings. The first-order chi connectivity index (χ1) is 11.1. The van der Waals surface area contributed by atoms with Crippen LogP contribution in [0, 0.1) is 12.7 Å². The Morgan fingerprint density at radius 3 is 2.65 bits per heavy atom. The maximum absolute atomic E-state index is 13.5. The summed E-state index contributed by atoms with van der Waals surface area (Å²) in [6.45, 7) is 1.68. The van der Waals surface area contributed by atoms with E-state index in [1.807, 2.05) is 0 Å². The van der Waals surface area contributed by atoms with E-state index in [2.05, 4.69) is 20.4 Å². The molecule has 0 aliphatic carbocycles. The van der Waals surface area contributed by atoms with Crippen LogP contribution in [0.3, 0.4) is 0 Å². The Morgan fingerprint density at radius 2 is 2.00 bits per heavy atom. The zero-order valence-electron chi connectivity index (χ0n) is 12.0. The van der Waals surface area contributed by atoms with Crippen LogP contribution in [0.2, 0.25) is 0 Å². The minimum Gasteiger partial charge on any atom is -0.421 e. The Bertz CT molecular complexity index is 833. The molecule has 1 aromatic carbocycles. The summed E-state index contributed by atoms with van der Waals surface area (Å²) >= 11 is 0. The number of nitrogens with zero attached hydrogens (tertiary/aromatic N) is 3. The van der Waals surface area contributed by atoms with Crippen molar-refractivity contribution in [3.63, 3.8) is 0 Å². The molecule has 1 amide bonds. The number of anilines is 1. The predicted octanol–water partition coefficient (Wildman–Crippen LogP) is 2.96. The Labute approximate surface area is 130 Å². The molecular weight excluding hydrogens is 303 g/mol.